The fraction of sp³-hybridized carbons (Fsp3) is 0.133. The van der Waals surface area contributed by atoms with Gasteiger partial charge in [0.1, 0.15) is 5.75 Å². The van der Waals surface area contributed by atoms with E-state index >= 15 is 0 Å². The number of carbonyl (C=O) groups is 1. The lowest BCUT2D eigenvalue weighted by atomic mass is 10.1. The van der Waals surface area contributed by atoms with Crippen LogP contribution in [0.5, 0.6) is 5.75 Å². The number of phenols is 1. The minimum absolute atomic E-state index is 0.122. The average Bonchev–Trinajstić information content (AvgIpc) is 2.41. The van der Waals surface area contributed by atoms with E-state index in [-0.39, 0.29) is 17.3 Å². The number of benzene rings is 2. The van der Waals surface area contributed by atoms with Gasteiger partial charge in [0.2, 0.25) is 0 Å². The van der Waals surface area contributed by atoms with Crippen LogP contribution in [0, 0.1) is 0 Å². The third-order valence-corrected chi connectivity index (χ3v) is 3.28. The van der Waals surface area contributed by atoms with Crippen molar-refractivity contribution in [3.8, 4) is 5.75 Å². The number of hydrogen-bond donors (Lipinski definition) is 3. The van der Waals surface area contributed by atoms with Gasteiger partial charge in [0.15, 0.2) is 0 Å². The molecule has 0 saturated carbocycles. The number of hydrogen-bond acceptors (Lipinski definition) is 4. The van der Waals surface area contributed by atoms with Crippen molar-refractivity contribution in [2.75, 3.05) is 30.0 Å². The van der Waals surface area contributed by atoms with Crippen molar-refractivity contribution in [1.82, 2.24) is 0 Å². The zero-order valence-electron chi connectivity index (χ0n) is 11.7. The summed E-state index contributed by atoms with van der Waals surface area (Å²) in [6.45, 7) is 0. The Balaban J connectivity index is 2.19. The Morgan fingerprint density at radius 2 is 1.95 bits per heavy atom. The van der Waals surface area contributed by atoms with E-state index in [1.54, 1.807) is 18.2 Å². The van der Waals surface area contributed by atoms with E-state index in [9.17, 15) is 9.90 Å². The van der Waals surface area contributed by atoms with Crippen molar-refractivity contribution >= 4 is 34.6 Å². The molecule has 0 spiro atoms. The van der Waals surface area contributed by atoms with E-state index in [4.69, 9.17) is 17.3 Å². The first-order chi connectivity index (χ1) is 9.88. The van der Waals surface area contributed by atoms with E-state index in [1.165, 1.54) is 12.1 Å². The summed E-state index contributed by atoms with van der Waals surface area (Å²) in [6.07, 6.45) is 0. The largest absolute Gasteiger partial charge is 0.506 e. The van der Waals surface area contributed by atoms with E-state index in [1.807, 2.05) is 25.1 Å². The molecule has 2 aromatic carbocycles. The third kappa shape index (κ3) is 3.38. The highest BCUT2D eigenvalue weighted by atomic mass is 35.5. The van der Waals surface area contributed by atoms with E-state index in [0.29, 0.717) is 16.3 Å². The van der Waals surface area contributed by atoms with Crippen molar-refractivity contribution in [2.24, 2.45) is 0 Å². The quantitative estimate of drug-likeness (QED) is 0.602. The maximum absolute atomic E-state index is 12.1. The second-order valence-corrected chi connectivity index (χ2v) is 5.20. The second-order valence-electron chi connectivity index (χ2n) is 4.79. The molecule has 0 heterocycles. The van der Waals surface area contributed by atoms with Crippen molar-refractivity contribution in [3.63, 3.8) is 0 Å². The van der Waals surface area contributed by atoms with Crippen LogP contribution in [0.4, 0.5) is 17.1 Å². The SMILES string of the molecule is CN(C)c1ccc(NC(=O)c2ccc(N)c(O)c2)cc1Cl. The monoisotopic (exact) mass is 305 g/mol. The summed E-state index contributed by atoms with van der Waals surface area (Å²) in [5.41, 5.74) is 7.48. The predicted molar refractivity (Wildman–Crippen MR) is 86.3 cm³/mol. The van der Waals surface area contributed by atoms with Crippen LogP contribution in [0.3, 0.4) is 0 Å². The Bertz CT molecular complexity index is 687. The highest BCUT2D eigenvalue weighted by Crippen LogP contribution is 2.28. The number of nitrogen functional groups attached to an aromatic ring is 1. The molecule has 0 aliphatic heterocycles. The van der Waals surface area contributed by atoms with Crippen molar-refractivity contribution in [1.29, 1.82) is 0 Å². The van der Waals surface area contributed by atoms with E-state index in [2.05, 4.69) is 5.32 Å². The number of aromatic hydroxyl groups is 1. The molecule has 0 saturated heterocycles. The molecule has 0 aliphatic rings. The minimum Gasteiger partial charge on any atom is -0.506 e. The molecular weight excluding hydrogens is 290 g/mol. The van der Waals surface area contributed by atoms with Gasteiger partial charge in [-0.05, 0) is 36.4 Å². The molecule has 0 atom stereocenters. The number of amides is 1. The van der Waals surface area contributed by atoms with Crippen LogP contribution in [-0.4, -0.2) is 25.1 Å². The van der Waals surface area contributed by atoms with Gasteiger partial charge in [-0.3, -0.25) is 4.79 Å². The Morgan fingerprint density at radius 3 is 2.52 bits per heavy atom. The summed E-state index contributed by atoms with van der Waals surface area (Å²) in [6, 6.07) is 9.59. The molecule has 21 heavy (non-hydrogen) atoms. The number of carbonyl (C=O) groups excluding carboxylic acids is 1. The molecule has 2 rings (SSSR count). The number of nitrogens with zero attached hydrogens (tertiary/aromatic N) is 1. The van der Waals surface area contributed by atoms with Crippen LogP contribution < -0.4 is 16.0 Å². The van der Waals surface area contributed by atoms with Crippen LogP contribution in [-0.2, 0) is 0 Å². The van der Waals surface area contributed by atoms with Gasteiger partial charge in [-0.1, -0.05) is 11.6 Å². The Kier molecular flexibility index (Phi) is 4.23. The summed E-state index contributed by atoms with van der Waals surface area (Å²) >= 11 is 6.15. The standard InChI is InChI=1S/C15H16ClN3O2/c1-19(2)13-6-4-10(8-11(13)16)18-15(21)9-3-5-12(17)14(20)7-9/h3-8,20H,17H2,1-2H3,(H,18,21). The van der Waals surface area contributed by atoms with Gasteiger partial charge in [-0.25, -0.2) is 0 Å². The maximum Gasteiger partial charge on any atom is 0.255 e. The van der Waals surface area contributed by atoms with Crippen LogP contribution in [0.1, 0.15) is 10.4 Å². The molecule has 4 N–H and O–H groups in total. The first kappa shape index (κ1) is 15.0. The molecule has 0 bridgehead atoms. The molecule has 0 fully saturated rings. The lowest BCUT2D eigenvalue weighted by Gasteiger charge is -2.15. The first-order valence-electron chi connectivity index (χ1n) is 6.25. The van der Waals surface area contributed by atoms with Gasteiger partial charge < -0.3 is 21.1 Å². The Labute approximate surface area is 127 Å². The topological polar surface area (TPSA) is 78.6 Å². The molecule has 110 valence electrons. The third-order valence-electron chi connectivity index (χ3n) is 2.98. The molecule has 5 nitrogen and oxygen atoms in total. The smallest absolute Gasteiger partial charge is 0.255 e. The molecule has 0 aromatic heterocycles. The molecule has 1 amide bonds. The summed E-state index contributed by atoms with van der Waals surface area (Å²) < 4.78 is 0. The first-order valence-corrected chi connectivity index (χ1v) is 6.63. The van der Waals surface area contributed by atoms with Gasteiger partial charge >= 0.3 is 0 Å². The second kappa shape index (κ2) is 5.93. The van der Waals surface area contributed by atoms with Crippen LogP contribution in [0.25, 0.3) is 0 Å². The zero-order chi connectivity index (χ0) is 15.6. The van der Waals surface area contributed by atoms with Crippen LogP contribution in [0.2, 0.25) is 5.02 Å². The van der Waals surface area contributed by atoms with Gasteiger partial charge in [0.05, 0.1) is 16.4 Å². The molecule has 6 heteroatoms. The van der Waals surface area contributed by atoms with Crippen LogP contribution in [0.15, 0.2) is 36.4 Å². The lowest BCUT2D eigenvalue weighted by Crippen LogP contribution is -2.13. The van der Waals surface area contributed by atoms with Crippen molar-refractivity contribution < 1.29 is 9.90 Å². The fourth-order valence-electron chi connectivity index (χ4n) is 1.84. The minimum atomic E-state index is -0.348. The summed E-state index contributed by atoms with van der Waals surface area (Å²) in [5.74, 6) is -0.470. The van der Waals surface area contributed by atoms with Crippen molar-refractivity contribution in [3.05, 3.63) is 47.0 Å². The normalized spacial score (nSPS) is 10.2. The maximum atomic E-state index is 12.1. The molecule has 2 aromatic rings. The fourth-order valence-corrected chi connectivity index (χ4v) is 2.19. The highest BCUT2D eigenvalue weighted by Gasteiger charge is 2.10. The molecule has 0 unspecified atom stereocenters. The van der Waals surface area contributed by atoms with E-state index < -0.39 is 0 Å². The van der Waals surface area contributed by atoms with Gasteiger partial charge in [-0.15, -0.1) is 0 Å². The number of nitrogens with one attached hydrogen (secondary N) is 1. The summed E-state index contributed by atoms with van der Waals surface area (Å²) in [4.78, 5) is 14.0. The number of rotatable bonds is 3. The van der Waals surface area contributed by atoms with Crippen molar-refractivity contribution in [2.45, 2.75) is 0 Å². The number of halogens is 1. The number of phenolic OH excluding ortho intramolecular Hbond substituents is 1. The van der Waals surface area contributed by atoms with Gasteiger partial charge in [0.25, 0.3) is 5.91 Å². The summed E-state index contributed by atoms with van der Waals surface area (Å²) in [7, 11) is 3.77. The summed E-state index contributed by atoms with van der Waals surface area (Å²) in [5, 5.41) is 12.8. The van der Waals surface area contributed by atoms with Crippen LogP contribution >= 0.6 is 11.6 Å². The highest BCUT2D eigenvalue weighted by molar-refractivity contribution is 6.33. The zero-order valence-corrected chi connectivity index (χ0v) is 12.5. The van der Waals surface area contributed by atoms with Gasteiger partial charge in [0, 0.05) is 25.3 Å². The Hall–Kier alpha value is -2.40. The predicted octanol–water partition coefficient (Wildman–Crippen LogP) is 2.95. The lowest BCUT2D eigenvalue weighted by molar-refractivity contribution is 0.102. The number of anilines is 3. The average molecular weight is 306 g/mol. The van der Waals surface area contributed by atoms with E-state index in [0.717, 1.165) is 5.69 Å². The van der Waals surface area contributed by atoms with Gasteiger partial charge in [-0.2, -0.15) is 0 Å². The molecular formula is C15H16ClN3O2. The molecule has 0 aliphatic carbocycles. The Morgan fingerprint density at radius 1 is 1.24 bits per heavy atom. The number of nitrogens with two attached hydrogens (primary N) is 1. The molecule has 0 radical (unpaired) electrons.